The van der Waals surface area contributed by atoms with Gasteiger partial charge in [-0.25, -0.2) is 14.2 Å². The first kappa shape index (κ1) is 29.8. The van der Waals surface area contributed by atoms with Crippen LogP contribution in [0.4, 0.5) is 11.6 Å². The Kier molecular flexibility index (Phi) is 10.4. The summed E-state index contributed by atoms with van der Waals surface area (Å²) >= 11 is 12.4. The molecule has 0 amide bonds. The predicted molar refractivity (Wildman–Crippen MR) is 156 cm³/mol. The molecule has 0 bridgehead atoms. The number of aromatic nitrogens is 3. The minimum absolute atomic E-state index is 0.0294. The minimum Gasteiger partial charge on any atom is -0.489 e. The molecule has 2 aromatic carbocycles. The van der Waals surface area contributed by atoms with Gasteiger partial charge < -0.3 is 14.8 Å². The molecule has 1 aliphatic heterocycles. The Hall–Kier alpha value is -3.14. The Morgan fingerprint density at radius 1 is 1.10 bits per heavy atom. The van der Waals surface area contributed by atoms with Gasteiger partial charge in [0.15, 0.2) is 5.78 Å². The lowest BCUT2D eigenvalue weighted by molar-refractivity contribution is -0.119. The third kappa shape index (κ3) is 8.19. The Morgan fingerprint density at radius 3 is 2.50 bits per heavy atom. The van der Waals surface area contributed by atoms with E-state index in [-0.39, 0.29) is 30.9 Å². The lowest BCUT2D eigenvalue weighted by Gasteiger charge is -2.21. The summed E-state index contributed by atoms with van der Waals surface area (Å²) in [5, 5.41) is 3.96. The summed E-state index contributed by atoms with van der Waals surface area (Å²) in [4.78, 5) is 43.5. The van der Waals surface area contributed by atoms with E-state index < -0.39 is 11.4 Å². The number of hydrogen-bond acceptors (Lipinski definition) is 7. The fourth-order valence-corrected chi connectivity index (χ4v) is 4.96. The molecule has 3 aromatic rings. The van der Waals surface area contributed by atoms with E-state index in [9.17, 15) is 14.4 Å². The average Bonchev–Trinajstić information content (AvgIpc) is 2.92. The Balaban J connectivity index is 1.57. The van der Waals surface area contributed by atoms with E-state index in [0.717, 1.165) is 42.6 Å². The van der Waals surface area contributed by atoms with E-state index in [1.54, 1.807) is 42.5 Å². The topological polar surface area (TPSA) is 104 Å². The van der Waals surface area contributed by atoms with E-state index in [2.05, 4.69) is 10.3 Å². The Labute approximate surface area is 243 Å². The van der Waals surface area contributed by atoms with Crippen LogP contribution in [0, 0.1) is 5.92 Å². The van der Waals surface area contributed by atoms with Gasteiger partial charge in [-0.3, -0.25) is 9.36 Å². The minimum atomic E-state index is -0.802. The maximum absolute atomic E-state index is 13.6. The number of nitrogens with one attached hydrogen (secondary N) is 1. The van der Waals surface area contributed by atoms with Crippen molar-refractivity contribution in [1.29, 1.82) is 0 Å². The maximum atomic E-state index is 13.6. The van der Waals surface area contributed by atoms with Crippen molar-refractivity contribution in [3.63, 3.8) is 0 Å². The average molecular weight is 590 g/mol. The molecule has 11 heteroatoms. The summed E-state index contributed by atoms with van der Waals surface area (Å²) in [6.07, 6.45) is 3.88. The fourth-order valence-electron chi connectivity index (χ4n) is 4.61. The van der Waals surface area contributed by atoms with Gasteiger partial charge in [-0.1, -0.05) is 35.3 Å². The zero-order valence-corrected chi connectivity index (χ0v) is 24.2. The second kappa shape index (κ2) is 14.0. The summed E-state index contributed by atoms with van der Waals surface area (Å²) in [6.45, 7) is 5.09. The van der Waals surface area contributed by atoms with Crippen molar-refractivity contribution in [3.05, 3.63) is 79.0 Å². The highest BCUT2D eigenvalue weighted by Gasteiger charge is 2.18. The van der Waals surface area contributed by atoms with Crippen molar-refractivity contribution < 1.29 is 14.3 Å². The van der Waals surface area contributed by atoms with Crippen molar-refractivity contribution >= 4 is 40.6 Å². The molecule has 1 fully saturated rings. The Morgan fingerprint density at radius 2 is 1.82 bits per heavy atom. The maximum Gasteiger partial charge on any atom is 0.355 e. The summed E-state index contributed by atoms with van der Waals surface area (Å²) in [7, 11) is 0. The van der Waals surface area contributed by atoms with Crippen LogP contribution in [0.2, 0.25) is 10.0 Å². The van der Waals surface area contributed by atoms with Crippen LogP contribution in [0.5, 0.6) is 5.75 Å². The van der Waals surface area contributed by atoms with Crippen LogP contribution in [0.25, 0.3) is 0 Å². The molecule has 0 radical (unpaired) electrons. The summed E-state index contributed by atoms with van der Waals surface area (Å²) in [6, 6.07) is 12.0. The highest BCUT2D eigenvalue weighted by atomic mass is 35.5. The molecule has 9 nitrogen and oxygen atoms in total. The summed E-state index contributed by atoms with van der Waals surface area (Å²) in [5.41, 5.74) is -0.160. The molecule has 2 heterocycles. The quantitative estimate of drug-likeness (QED) is 0.299. The number of Topliss-reactive ketones (excluding diaryl/α,β-unsaturated/α-hetero) is 1. The van der Waals surface area contributed by atoms with Gasteiger partial charge in [0.25, 0.3) is 0 Å². The number of nitrogens with zero attached hydrogens (tertiary/aromatic N) is 3. The highest BCUT2D eigenvalue weighted by Crippen LogP contribution is 2.29. The number of carbonyl (C=O) groups excluding carboxylic acids is 1. The molecular weight excluding hydrogens is 555 g/mol. The largest absolute Gasteiger partial charge is 0.489 e. The lowest BCUT2D eigenvalue weighted by Crippen LogP contribution is -2.44. The molecule has 1 aliphatic rings. The van der Waals surface area contributed by atoms with Crippen molar-refractivity contribution in [3.8, 4) is 5.75 Å². The summed E-state index contributed by atoms with van der Waals surface area (Å²) < 4.78 is 13.3. The van der Waals surface area contributed by atoms with Gasteiger partial charge in [-0.05, 0) is 81.3 Å². The van der Waals surface area contributed by atoms with Gasteiger partial charge in [-0.15, -0.1) is 0 Å². The normalized spacial score (nSPS) is 13.9. The van der Waals surface area contributed by atoms with E-state index in [1.165, 1.54) is 4.57 Å². The van der Waals surface area contributed by atoms with E-state index in [4.69, 9.17) is 32.7 Å². The van der Waals surface area contributed by atoms with Gasteiger partial charge in [0.05, 0.1) is 24.2 Å². The number of carbonyl (C=O) groups is 1. The van der Waals surface area contributed by atoms with Crippen LogP contribution in [0.3, 0.4) is 0 Å². The van der Waals surface area contributed by atoms with Gasteiger partial charge in [0.2, 0.25) is 5.95 Å². The predicted octanol–water partition coefficient (Wildman–Crippen LogP) is 5.46. The first-order valence-electron chi connectivity index (χ1n) is 13.5. The molecule has 0 atom stereocenters. The number of benzene rings is 2. The monoisotopic (exact) mass is 588 g/mol. The summed E-state index contributed by atoms with van der Waals surface area (Å²) in [5.74, 6) is 0.910. The zero-order valence-electron chi connectivity index (χ0n) is 22.7. The first-order chi connectivity index (χ1) is 19.2. The SMILES string of the molecule is CC(C)Oc1ccc(Nc2nc(=O)n(CC(=O)CCCC3CCOCC3)c(=O)n2Cc2ccc(Cl)cc2)cc1Cl. The van der Waals surface area contributed by atoms with E-state index >= 15 is 0 Å². The molecule has 1 aromatic heterocycles. The molecular formula is C29H34Cl2N4O5. The number of hydrogen-bond donors (Lipinski definition) is 1. The number of halogens is 2. The van der Waals surface area contributed by atoms with Crippen LogP contribution in [0.15, 0.2) is 52.1 Å². The van der Waals surface area contributed by atoms with Crippen molar-refractivity contribution in [2.75, 3.05) is 18.5 Å². The van der Waals surface area contributed by atoms with Gasteiger partial charge >= 0.3 is 11.4 Å². The standard InChI is InChI=1S/C29H34Cl2N4O5/c1-19(2)40-26-11-10-23(16-25(26)31)32-27-33-28(37)35(18-24(36)5-3-4-20-12-14-39-15-13-20)29(38)34(27)17-21-6-8-22(30)9-7-21/h6-11,16,19-20H,3-5,12-15,17-18H2,1-2H3,(H,32,33,37). The molecule has 214 valence electrons. The van der Waals surface area contributed by atoms with Crippen LogP contribution in [-0.2, 0) is 22.6 Å². The second-order valence-electron chi connectivity index (χ2n) is 10.2. The molecule has 0 unspecified atom stereocenters. The first-order valence-corrected chi connectivity index (χ1v) is 14.2. The second-order valence-corrected chi connectivity index (χ2v) is 11.1. The molecule has 4 rings (SSSR count). The number of ketones is 1. The Bertz CT molecular complexity index is 1430. The van der Waals surface area contributed by atoms with Crippen LogP contribution < -0.4 is 21.4 Å². The molecule has 0 aliphatic carbocycles. The van der Waals surface area contributed by atoms with Gasteiger partial charge in [0.1, 0.15) is 5.75 Å². The zero-order chi connectivity index (χ0) is 28.6. The van der Waals surface area contributed by atoms with Crippen molar-refractivity contribution in [2.45, 2.75) is 65.1 Å². The van der Waals surface area contributed by atoms with Crippen LogP contribution in [-0.4, -0.2) is 39.2 Å². The van der Waals surface area contributed by atoms with E-state index in [1.807, 2.05) is 13.8 Å². The van der Waals surface area contributed by atoms with E-state index in [0.29, 0.717) is 40.2 Å². The van der Waals surface area contributed by atoms with Crippen molar-refractivity contribution in [1.82, 2.24) is 14.1 Å². The molecule has 1 N–H and O–H groups in total. The van der Waals surface area contributed by atoms with Gasteiger partial charge in [0, 0.05) is 30.3 Å². The van der Waals surface area contributed by atoms with Crippen molar-refractivity contribution in [2.24, 2.45) is 5.92 Å². The van der Waals surface area contributed by atoms with Gasteiger partial charge in [-0.2, -0.15) is 4.98 Å². The number of ether oxygens (including phenoxy) is 2. The van der Waals surface area contributed by atoms with Crippen LogP contribution in [0.1, 0.15) is 51.5 Å². The molecule has 1 saturated heterocycles. The third-order valence-corrected chi connectivity index (χ3v) is 7.25. The number of anilines is 2. The third-order valence-electron chi connectivity index (χ3n) is 6.70. The molecule has 0 spiro atoms. The lowest BCUT2D eigenvalue weighted by atomic mass is 9.94. The highest BCUT2D eigenvalue weighted by molar-refractivity contribution is 6.32. The number of rotatable bonds is 12. The molecule has 40 heavy (non-hydrogen) atoms. The fraction of sp³-hybridized carbons (Fsp3) is 0.448. The molecule has 0 saturated carbocycles. The van der Waals surface area contributed by atoms with Crippen LogP contribution >= 0.6 is 23.2 Å². The smallest absolute Gasteiger partial charge is 0.355 e.